The molecule has 0 aliphatic heterocycles. The normalized spacial score (nSPS) is 13.0. The van der Waals surface area contributed by atoms with Crippen molar-refractivity contribution < 1.29 is 13.2 Å². The summed E-state index contributed by atoms with van der Waals surface area (Å²) in [6.45, 7) is 6.34. The first-order chi connectivity index (χ1) is 11.8. The van der Waals surface area contributed by atoms with Gasteiger partial charge in [-0.05, 0) is 18.4 Å². The van der Waals surface area contributed by atoms with Gasteiger partial charge in [0.25, 0.3) is 0 Å². The van der Waals surface area contributed by atoms with Crippen molar-refractivity contribution in [3.63, 3.8) is 0 Å². The summed E-state index contributed by atoms with van der Waals surface area (Å²) in [6.07, 6.45) is 3.33. The van der Waals surface area contributed by atoms with E-state index in [0.29, 0.717) is 18.9 Å². The summed E-state index contributed by atoms with van der Waals surface area (Å²) < 4.78 is 26.9. The third-order valence-electron chi connectivity index (χ3n) is 3.92. The average Bonchev–Trinajstić information content (AvgIpc) is 2.99. The molecule has 0 fully saturated rings. The van der Waals surface area contributed by atoms with Crippen molar-refractivity contribution in [2.75, 3.05) is 6.54 Å². The highest BCUT2D eigenvalue weighted by Crippen LogP contribution is 2.12. The Morgan fingerprint density at radius 2 is 1.88 bits per heavy atom. The lowest BCUT2D eigenvalue weighted by Crippen LogP contribution is -2.40. The van der Waals surface area contributed by atoms with Crippen LogP contribution in [0, 0.1) is 5.92 Å². The summed E-state index contributed by atoms with van der Waals surface area (Å²) in [4.78, 5) is 16.2. The van der Waals surface area contributed by atoms with E-state index in [1.807, 2.05) is 44.2 Å². The highest BCUT2D eigenvalue weighted by atomic mass is 32.2. The Balaban J connectivity index is 2.08. The zero-order valence-electron chi connectivity index (χ0n) is 14.8. The van der Waals surface area contributed by atoms with E-state index in [9.17, 15) is 13.2 Å². The van der Waals surface area contributed by atoms with Crippen LogP contribution in [0.1, 0.15) is 32.2 Å². The Morgan fingerprint density at radius 1 is 1.20 bits per heavy atom. The maximum Gasteiger partial charge on any atom is 0.238 e. The van der Waals surface area contributed by atoms with Crippen LogP contribution in [-0.2, 0) is 26.9 Å². The number of hydrogen-bond donors (Lipinski definition) is 1. The number of benzene rings is 1. The SMILES string of the molecule is CC(C)CNC(=O)C(C)S(=O)(=O)Cc1nccn1Cc1ccccc1. The molecular weight excluding hydrogens is 338 g/mol. The first-order valence-electron chi connectivity index (χ1n) is 8.33. The van der Waals surface area contributed by atoms with Crippen molar-refractivity contribution >= 4 is 15.7 Å². The largest absolute Gasteiger partial charge is 0.355 e. The van der Waals surface area contributed by atoms with E-state index in [1.165, 1.54) is 6.92 Å². The number of carbonyl (C=O) groups excluding carboxylic acids is 1. The van der Waals surface area contributed by atoms with Gasteiger partial charge in [-0.1, -0.05) is 44.2 Å². The lowest BCUT2D eigenvalue weighted by atomic mass is 10.2. The molecule has 0 saturated carbocycles. The molecule has 1 atom stereocenters. The summed E-state index contributed by atoms with van der Waals surface area (Å²) in [5, 5.41) is 1.57. The van der Waals surface area contributed by atoms with Gasteiger partial charge in [-0.3, -0.25) is 4.79 Å². The zero-order chi connectivity index (χ0) is 18.4. The van der Waals surface area contributed by atoms with E-state index in [1.54, 1.807) is 17.0 Å². The molecule has 0 radical (unpaired) electrons. The number of imidazole rings is 1. The Hall–Kier alpha value is -2.15. The van der Waals surface area contributed by atoms with Gasteiger partial charge in [0.15, 0.2) is 9.84 Å². The molecule has 1 unspecified atom stereocenters. The molecule has 0 saturated heterocycles. The van der Waals surface area contributed by atoms with Crippen LogP contribution < -0.4 is 5.32 Å². The summed E-state index contributed by atoms with van der Waals surface area (Å²) in [7, 11) is -3.64. The molecule has 0 aliphatic rings. The van der Waals surface area contributed by atoms with Gasteiger partial charge in [0, 0.05) is 25.5 Å². The van der Waals surface area contributed by atoms with Crippen LogP contribution >= 0.6 is 0 Å². The van der Waals surface area contributed by atoms with E-state index < -0.39 is 21.0 Å². The van der Waals surface area contributed by atoms with E-state index in [0.717, 1.165) is 5.56 Å². The van der Waals surface area contributed by atoms with Crippen molar-refractivity contribution in [3.8, 4) is 0 Å². The predicted octanol–water partition coefficient (Wildman–Crippen LogP) is 2.01. The van der Waals surface area contributed by atoms with Crippen LogP contribution in [0.25, 0.3) is 0 Å². The van der Waals surface area contributed by atoms with Crippen LogP contribution in [0.5, 0.6) is 0 Å². The van der Waals surface area contributed by atoms with Gasteiger partial charge in [-0.15, -0.1) is 0 Å². The van der Waals surface area contributed by atoms with Gasteiger partial charge in [0.1, 0.15) is 16.8 Å². The molecule has 1 aromatic carbocycles. The van der Waals surface area contributed by atoms with Crippen molar-refractivity contribution in [1.82, 2.24) is 14.9 Å². The molecule has 1 aromatic heterocycles. The Kier molecular flexibility index (Phi) is 6.36. The lowest BCUT2D eigenvalue weighted by molar-refractivity contribution is -0.120. The van der Waals surface area contributed by atoms with Crippen molar-refractivity contribution in [1.29, 1.82) is 0 Å². The highest BCUT2D eigenvalue weighted by molar-refractivity contribution is 7.92. The van der Waals surface area contributed by atoms with Crippen LogP contribution in [0.3, 0.4) is 0 Å². The van der Waals surface area contributed by atoms with E-state index in [2.05, 4.69) is 10.3 Å². The Labute approximate surface area is 149 Å². The molecule has 0 aliphatic carbocycles. The van der Waals surface area contributed by atoms with E-state index in [-0.39, 0.29) is 11.7 Å². The highest BCUT2D eigenvalue weighted by Gasteiger charge is 2.29. The second-order valence-electron chi connectivity index (χ2n) is 6.55. The fourth-order valence-corrected chi connectivity index (χ4v) is 3.58. The molecule has 1 amide bonds. The third-order valence-corrected chi connectivity index (χ3v) is 5.87. The number of aromatic nitrogens is 2. The summed E-state index contributed by atoms with van der Waals surface area (Å²) >= 11 is 0. The van der Waals surface area contributed by atoms with Crippen LogP contribution in [0.2, 0.25) is 0 Å². The summed E-state index contributed by atoms with van der Waals surface area (Å²) in [5.74, 6) is -0.0193. The van der Waals surface area contributed by atoms with Crippen molar-refractivity contribution in [2.24, 2.45) is 5.92 Å². The molecule has 0 bridgehead atoms. The zero-order valence-corrected chi connectivity index (χ0v) is 15.7. The van der Waals surface area contributed by atoms with Crippen LogP contribution in [-0.4, -0.2) is 35.7 Å². The number of carbonyl (C=O) groups is 1. The minimum atomic E-state index is -3.64. The van der Waals surface area contributed by atoms with Crippen LogP contribution in [0.4, 0.5) is 0 Å². The third kappa shape index (κ3) is 5.42. The van der Waals surface area contributed by atoms with E-state index in [4.69, 9.17) is 0 Å². The van der Waals surface area contributed by atoms with Gasteiger partial charge in [0.2, 0.25) is 5.91 Å². The van der Waals surface area contributed by atoms with Crippen molar-refractivity contribution in [2.45, 2.75) is 38.3 Å². The quantitative estimate of drug-likeness (QED) is 0.778. The van der Waals surface area contributed by atoms with Gasteiger partial charge >= 0.3 is 0 Å². The number of sulfone groups is 1. The molecule has 1 heterocycles. The standard InChI is InChI=1S/C18H25N3O3S/c1-14(2)11-20-18(22)15(3)25(23,24)13-17-19-9-10-21(17)12-16-7-5-4-6-8-16/h4-10,14-15H,11-13H2,1-3H3,(H,20,22). The first kappa shape index (κ1) is 19.2. The van der Waals surface area contributed by atoms with Crippen molar-refractivity contribution in [3.05, 3.63) is 54.1 Å². The molecule has 2 aromatic rings. The molecule has 2 rings (SSSR count). The fourth-order valence-electron chi connectivity index (χ4n) is 2.32. The Morgan fingerprint density at radius 3 is 2.52 bits per heavy atom. The maximum absolute atomic E-state index is 12.6. The molecule has 7 heteroatoms. The molecule has 0 spiro atoms. The molecule has 6 nitrogen and oxygen atoms in total. The number of hydrogen-bond acceptors (Lipinski definition) is 4. The maximum atomic E-state index is 12.6. The topological polar surface area (TPSA) is 81.1 Å². The number of nitrogens with one attached hydrogen (secondary N) is 1. The fraction of sp³-hybridized carbons (Fsp3) is 0.444. The van der Waals surface area contributed by atoms with Gasteiger partial charge in [-0.2, -0.15) is 0 Å². The first-order valence-corrected chi connectivity index (χ1v) is 10.0. The number of nitrogens with zero attached hydrogens (tertiary/aromatic N) is 2. The van der Waals surface area contributed by atoms with Gasteiger partial charge in [0.05, 0.1) is 0 Å². The predicted molar refractivity (Wildman–Crippen MR) is 97.7 cm³/mol. The molecular formula is C18H25N3O3S. The van der Waals surface area contributed by atoms with Gasteiger partial charge < -0.3 is 9.88 Å². The number of amides is 1. The molecule has 1 N–H and O–H groups in total. The summed E-state index contributed by atoms with van der Waals surface area (Å²) in [5.41, 5.74) is 1.06. The Bertz CT molecular complexity index is 798. The smallest absolute Gasteiger partial charge is 0.238 e. The second kappa shape index (κ2) is 8.29. The minimum Gasteiger partial charge on any atom is -0.355 e. The monoisotopic (exact) mass is 363 g/mol. The van der Waals surface area contributed by atoms with Gasteiger partial charge in [-0.25, -0.2) is 13.4 Å². The lowest BCUT2D eigenvalue weighted by Gasteiger charge is -2.15. The summed E-state index contributed by atoms with van der Waals surface area (Å²) in [6, 6.07) is 9.74. The van der Waals surface area contributed by atoms with Crippen LogP contribution in [0.15, 0.2) is 42.7 Å². The van der Waals surface area contributed by atoms with E-state index >= 15 is 0 Å². The molecule has 25 heavy (non-hydrogen) atoms. The number of rotatable bonds is 8. The molecule has 136 valence electrons. The average molecular weight is 363 g/mol. The minimum absolute atomic E-state index is 0.261. The second-order valence-corrected chi connectivity index (χ2v) is 8.87.